The van der Waals surface area contributed by atoms with Gasteiger partial charge in [0.05, 0.1) is 0 Å². The lowest BCUT2D eigenvalue weighted by Gasteiger charge is -2.10. The zero-order valence-corrected chi connectivity index (χ0v) is 14.3. The van der Waals surface area contributed by atoms with Crippen LogP contribution in [-0.4, -0.2) is 12.5 Å². The first-order valence-electron chi connectivity index (χ1n) is 7.86. The molecule has 0 saturated heterocycles. The van der Waals surface area contributed by atoms with Crippen LogP contribution in [0.3, 0.4) is 0 Å². The Labute approximate surface area is 142 Å². The van der Waals surface area contributed by atoms with E-state index in [1.807, 2.05) is 25.1 Å². The first-order valence-corrected chi connectivity index (χ1v) is 8.24. The number of halogens is 1. The average molecular weight is 332 g/mol. The lowest BCUT2D eigenvalue weighted by molar-refractivity contribution is -0.118. The smallest absolute Gasteiger partial charge is 0.262 e. The molecule has 0 aromatic heterocycles. The van der Waals surface area contributed by atoms with Gasteiger partial charge in [0.25, 0.3) is 5.91 Å². The molecule has 4 heteroatoms. The van der Waals surface area contributed by atoms with Gasteiger partial charge in [-0.1, -0.05) is 37.1 Å². The molecule has 0 radical (unpaired) electrons. The first kappa shape index (κ1) is 17.4. The van der Waals surface area contributed by atoms with Gasteiger partial charge in [0.1, 0.15) is 5.75 Å². The standard InChI is InChI=1S/C19H22ClNO2/c1-3-4-5-15-6-9-17(10-7-15)21-19(22)13-23-18-11-8-16(20)12-14(18)2/h6-12H,3-5,13H2,1-2H3,(H,21,22). The number of hydrogen-bond acceptors (Lipinski definition) is 2. The second kappa shape index (κ2) is 8.59. The number of rotatable bonds is 7. The molecule has 23 heavy (non-hydrogen) atoms. The maximum absolute atomic E-state index is 12.0. The highest BCUT2D eigenvalue weighted by Gasteiger charge is 2.06. The van der Waals surface area contributed by atoms with Gasteiger partial charge in [0.2, 0.25) is 0 Å². The van der Waals surface area contributed by atoms with E-state index in [0.29, 0.717) is 10.8 Å². The Balaban J connectivity index is 1.84. The molecule has 0 fully saturated rings. The van der Waals surface area contributed by atoms with Crippen LogP contribution in [0.15, 0.2) is 42.5 Å². The summed E-state index contributed by atoms with van der Waals surface area (Å²) in [7, 11) is 0. The zero-order chi connectivity index (χ0) is 16.7. The van der Waals surface area contributed by atoms with Crippen LogP contribution >= 0.6 is 11.6 Å². The molecule has 0 atom stereocenters. The van der Waals surface area contributed by atoms with E-state index in [0.717, 1.165) is 17.7 Å². The summed E-state index contributed by atoms with van der Waals surface area (Å²) in [6, 6.07) is 13.3. The van der Waals surface area contributed by atoms with E-state index in [4.69, 9.17) is 16.3 Å². The average Bonchev–Trinajstić information content (AvgIpc) is 2.53. The minimum atomic E-state index is -0.180. The Morgan fingerprint density at radius 2 is 1.91 bits per heavy atom. The molecule has 0 aliphatic heterocycles. The van der Waals surface area contributed by atoms with Crippen LogP contribution in [0.25, 0.3) is 0 Å². The van der Waals surface area contributed by atoms with Gasteiger partial charge in [-0.25, -0.2) is 0 Å². The molecule has 0 bridgehead atoms. The van der Waals surface area contributed by atoms with Gasteiger partial charge in [-0.2, -0.15) is 0 Å². The van der Waals surface area contributed by atoms with Gasteiger partial charge in [-0.15, -0.1) is 0 Å². The molecule has 0 unspecified atom stereocenters. The summed E-state index contributed by atoms with van der Waals surface area (Å²) in [5, 5.41) is 3.49. The zero-order valence-electron chi connectivity index (χ0n) is 13.6. The van der Waals surface area contributed by atoms with E-state index in [-0.39, 0.29) is 12.5 Å². The summed E-state index contributed by atoms with van der Waals surface area (Å²) >= 11 is 5.90. The maximum atomic E-state index is 12.0. The van der Waals surface area contributed by atoms with Crippen LogP contribution in [0, 0.1) is 6.92 Å². The van der Waals surface area contributed by atoms with E-state index in [1.54, 1.807) is 12.1 Å². The SMILES string of the molecule is CCCCc1ccc(NC(=O)COc2ccc(Cl)cc2C)cc1. The molecule has 0 aliphatic carbocycles. The van der Waals surface area contributed by atoms with Crippen LogP contribution in [-0.2, 0) is 11.2 Å². The van der Waals surface area contributed by atoms with Crippen molar-refractivity contribution in [1.29, 1.82) is 0 Å². The summed E-state index contributed by atoms with van der Waals surface area (Å²) in [5.74, 6) is 0.486. The van der Waals surface area contributed by atoms with Gasteiger partial charge < -0.3 is 10.1 Å². The van der Waals surface area contributed by atoms with E-state index in [9.17, 15) is 4.79 Å². The minimum Gasteiger partial charge on any atom is -0.483 e. The van der Waals surface area contributed by atoms with E-state index >= 15 is 0 Å². The van der Waals surface area contributed by atoms with Crippen molar-refractivity contribution in [3.8, 4) is 5.75 Å². The van der Waals surface area contributed by atoms with Gasteiger partial charge in [0.15, 0.2) is 6.61 Å². The van der Waals surface area contributed by atoms with Gasteiger partial charge >= 0.3 is 0 Å². The highest BCUT2D eigenvalue weighted by Crippen LogP contribution is 2.21. The number of aryl methyl sites for hydroxylation is 2. The predicted molar refractivity (Wildman–Crippen MR) is 95.4 cm³/mol. The Kier molecular flexibility index (Phi) is 6.48. The van der Waals surface area contributed by atoms with Crippen molar-refractivity contribution in [2.24, 2.45) is 0 Å². The number of carbonyl (C=O) groups excluding carboxylic acids is 1. The highest BCUT2D eigenvalue weighted by molar-refractivity contribution is 6.30. The predicted octanol–water partition coefficient (Wildman–Crippen LogP) is 5.01. The van der Waals surface area contributed by atoms with Crippen molar-refractivity contribution in [3.05, 3.63) is 58.6 Å². The molecule has 2 rings (SSSR count). The quantitative estimate of drug-likeness (QED) is 0.774. The normalized spacial score (nSPS) is 10.4. The maximum Gasteiger partial charge on any atom is 0.262 e. The molecule has 0 saturated carbocycles. The monoisotopic (exact) mass is 331 g/mol. The number of hydrogen-bond donors (Lipinski definition) is 1. The Hall–Kier alpha value is -2.00. The third kappa shape index (κ3) is 5.61. The van der Waals surface area contributed by atoms with E-state index < -0.39 is 0 Å². The highest BCUT2D eigenvalue weighted by atomic mass is 35.5. The Morgan fingerprint density at radius 1 is 1.17 bits per heavy atom. The molecule has 122 valence electrons. The van der Waals surface area contributed by atoms with Crippen LogP contribution in [0.4, 0.5) is 5.69 Å². The first-order chi connectivity index (χ1) is 11.1. The number of carbonyl (C=O) groups is 1. The molecule has 0 aliphatic rings. The molecule has 0 spiro atoms. The second-order valence-electron chi connectivity index (χ2n) is 5.55. The lowest BCUT2D eigenvalue weighted by atomic mass is 10.1. The number of ether oxygens (including phenoxy) is 1. The number of unbranched alkanes of at least 4 members (excludes halogenated alkanes) is 1. The fourth-order valence-corrected chi connectivity index (χ4v) is 2.48. The van der Waals surface area contributed by atoms with Crippen molar-refractivity contribution >= 4 is 23.2 Å². The molecular weight excluding hydrogens is 310 g/mol. The Bertz CT molecular complexity index is 653. The topological polar surface area (TPSA) is 38.3 Å². The second-order valence-corrected chi connectivity index (χ2v) is 5.98. The van der Waals surface area contributed by atoms with Crippen LogP contribution in [0.5, 0.6) is 5.75 Å². The number of benzene rings is 2. The lowest BCUT2D eigenvalue weighted by Crippen LogP contribution is -2.20. The van der Waals surface area contributed by atoms with Crippen LogP contribution < -0.4 is 10.1 Å². The van der Waals surface area contributed by atoms with Crippen molar-refractivity contribution < 1.29 is 9.53 Å². The van der Waals surface area contributed by atoms with E-state index in [1.165, 1.54) is 18.4 Å². The van der Waals surface area contributed by atoms with Crippen molar-refractivity contribution in [2.75, 3.05) is 11.9 Å². The van der Waals surface area contributed by atoms with Gasteiger partial charge in [-0.05, 0) is 61.2 Å². The Morgan fingerprint density at radius 3 is 2.57 bits per heavy atom. The van der Waals surface area contributed by atoms with Crippen LogP contribution in [0.1, 0.15) is 30.9 Å². The molecule has 1 N–H and O–H groups in total. The third-order valence-electron chi connectivity index (χ3n) is 3.55. The molecule has 0 heterocycles. The summed E-state index contributed by atoms with van der Waals surface area (Å²) in [6.45, 7) is 4.05. The number of anilines is 1. The van der Waals surface area contributed by atoms with Gasteiger partial charge in [0, 0.05) is 10.7 Å². The largest absolute Gasteiger partial charge is 0.483 e. The molecule has 2 aromatic carbocycles. The molecule has 2 aromatic rings. The molecular formula is C19H22ClNO2. The minimum absolute atomic E-state index is 0.0277. The molecule has 3 nitrogen and oxygen atoms in total. The van der Waals surface area contributed by atoms with Crippen LogP contribution in [0.2, 0.25) is 5.02 Å². The third-order valence-corrected chi connectivity index (χ3v) is 3.79. The molecule has 1 amide bonds. The fourth-order valence-electron chi connectivity index (χ4n) is 2.25. The van der Waals surface area contributed by atoms with Crippen molar-refractivity contribution in [1.82, 2.24) is 0 Å². The van der Waals surface area contributed by atoms with Crippen molar-refractivity contribution in [2.45, 2.75) is 33.1 Å². The number of nitrogens with one attached hydrogen (secondary N) is 1. The van der Waals surface area contributed by atoms with Gasteiger partial charge in [-0.3, -0.25) is 4.79 Å². The van der Waals surface area contributed by atoms with Crippen molar-refractivity contribution in [3.63, 3.8) is 0 Å². The van der Waals surface area contributed by atoms with E-state index in [2.05, 4.69) is 24.4 Å². The summed E-state index contributed by atoms with van der Waals surface area (Å²) in [4.78, 5) is 12.0. The summed E-state index contributed by atoms with van der Waals surface area (Å²) in [5.41, 5.74) is 2.98. The number of amides is 1. The fraction of sp³-hybridized carbons (Fsp3) is 0.316. The summed E-state index contributed by atoms with van der Waals surface area (Å²) in [6.07, 6.45) is 3.43. The summed E-state index contributed by atoms with van der Waals surface area (Å²) < 4.78 is 5.53.